The molecule has 1 N–H and O–H groups in total. The first-order chi connectivity index (χ1) is 9.29. The second-order valence-corrected chi connectivity index (χ2v) is 5.30. The van der Waals surface area contributed by atoms with E-state index in [4.69, 9.17) is 0 Å². The van der Waals surface area contributed by atoms with Gasteiger partial charge in [-0.25, -0.2) is 0 Å². The highest BCUT2D eigenvalue weighted by Gasteiger charge is 2.31. The van der Waals surface area contributed by atoms with Gasteiger partial charge in [-0.1, -0.05) is 58.4 Å². The van der Waals surface area contributed by atoms with Gasteiger partial charge >= 0.3 is 0 Å². The maximum atomic E-state index is 12.3. The Morgan fingerprint density at radius 1 is 1.16 bits per heavy atom. The second kappa shape index (κ2) is 5.17. The monoisotopic (exact) mass is 315 g/mol. The predicted octanol–water partition coefficient (Wildman–Crippen LogP) is 3.86. The summed E-state index contributed by atoms with van der Waals surface area (Å²) in [5, 5.41) is 3.78. The molecule has 3 heteroatoms. The van der Waals surface area contributed by atoms with E-state index in [1.807, 2.05) is 42.5 Å². The van der Waals surface area contributed by atoms with Gasteiger partial charge < -0.3 is 5.32 Å². The van der Waals surface area contributed by atoms with E-state index < -0.39 is 0 Å². The summed E-state index contributed by atoms with van der Waals surface area (Å²) in [5.41, 5.74) is 4.45. The Morgan fingerprint density at radius 2 is 1.89 bits per heavy atom. The van der Waals surface area contributed by atoms with Crippen molar-refractivity contribution in [1.29, 1.82) is 0 Å². The van der Waals surface area contributed by atoms with Crippen LogP contribution in [0.15, 0.2) is 48.5 Å². The van der Waals surface area contributed by atoms with Gasteiger partial charge in [-0.15, -0.1) is 0 Å². The fraction of sp³-hybridized carbons (Fsp3) is 0.188. The summed E-state index contributed by atoms with van der Waals surface area (Å²) >= 11 is 3.44. The van der Waals surface area contributed by atoms with E-state index in [0.29, 0.717) is 0 Å². The Kier molecular flexibility index (Phi) is 3.38. The number of alkyl halides is 1. The molecule has 0 heterocycles. The number of para-hydroxylation sites is 1. The minimum Gasteiger partial charge on any atom is -0.325 e. The summed E-state index contributed by atoms with van der Waals surface area (Å²) < 4.78 is 0. The number of hydrogen-bond acceptors (Lipinski definition) is 1. The Balaban J connectivity index is 1.77. The van der Waals surface area contributed by atoms with Crippen LogP contribution in [0.5, 0.6) is 0 Å². The van der Waals surface area contributed by atoms with Crippen LogP contribution in [0.4, 0.5) is 5.69 Å². The highest BCUT2D eigenvalue weighted by Crippen LogP contribution is 2.35. The molecular weight excluding hydrogens is 302 g/mol. The maximum Gasteiger partial charge on any atom is 0.232 e. The third-order valence-corrected chi connectivity index (χ3v) is 4.19. The molecule has 0 aliphatic heterocycles. The van der Waals surface area contributed by atoms with Crippen LogP contribution in [-0.2, 0) is 16.5 Å². The molecule has 0 fully saturated rings. The van der Waals surface area contributed by atoms with Crippen molar-refractivity contribution in [1.82, 2.24) is 0 Å². The summed E-state index contributed by atoms with van der Waals surface area (Å²) in [6, 6.07) is 16.0. The lowest BCUT2D eigenvalue weighted by molar-refractivity contribution is -0.118. The average molecular weight is 316 g/mol. The molecule has 96 valence electrons. The van der Waals surface area contributed by atoms with Crippen molar-refractivity contribution in [2.24, 2.45) is 0 Å². The minimum absolute atomic E-state index is 0.000387. The van der Waals surface area contributed by atoms with E-state index in [1.54, 1.807) is 0 Å². The van der Waals surface area contributed by atoms with E-state index >= 15 is 0 Å². The summed E-state index contributed by atoms with van der Waals surface area (Å²) in [5.74, 6) is 0.0895. The van der Waals surface area contributed by atoms with E-state index in [-0.39, 0.29) is 11.8 Å². The summed E-state index contributed by atoms with van der Waals surface area (Å²) in [6.07, 6.45) is 0.846. The van der Waals surface area contributed by atoms with Gasteiger partial charge in [0.1, 0.15) is 0 Å². The van der Waals surface area contributed by atoms with Crippen molar-refractivity contribution in [2.45, 2.75) is 17.7 Å². The summed E-state index contributed by atoms with van der Waals surface area (Å²) in [4.78, 5) is 12.3. The minimum atomic E-state index is -0.000387. The summed E-state index contributed by atoms with van der Waals surface area (Å²) in [7, 11) is 0. The molecule has 2 aromatic carbocycles. The Bertz CT molecular complexity index is 624. The van der Waals surface area contributed by atoms with Crippen LogP contribution >= 0.6 is 15.9 Å². The van der Waals surface area contributed by atoms with E-state index in [9.17, 15) is 4.79 Å². The Labute approximate surface area is 121 Å². The highest BCUT2D eigenvalue weighted by molar-refractivity contribution is 9.08. The van der Waals surface area contributed by atoms with Gasteiger partial charge in [0.2, 0.25) is 5.91 Å². The fourth-order valence-electron chi connectivity index (χ4n) is 2.47. The molecule has 0 saturated carbocycles. The van der Waals surface area contributed by atoms with Crippen molar-refractivity contribution < 1.29 is 4.79 Å². The number of hydrogen-bond donors (Lipinski definition) is 1. The molecule has 1 atom stereocenters. The van der Waals surface area contributed by atoms with Gasteiger partial charge in [0.05, 0.1) is 5.92 Å². The van der Waals surface area contributed by atoms with Crippen LogP contribution in [-0.4, -0.2) is 5.91 Å². The van der Waals surface area contributed by atoms with Gasteiger partial charge in [0.15, 0.2) is 0 Å². The predicted molar refractivity (Wildman–Crippen MR) is 80.6 cm³/mol. The zero-order valence-corrected chi connectivity index (χ0v) is 12.0. The third-order valence-electron chi connectivity index (χ3n) is 3.59. The van der Waals surface area contributed by atoms with Gasteiger partial charge in [0.25, 0.3) is 0 Å². The first kappa shape index (κ1) is 12.4. The van der Waals surface area contributed by atoms with Crippen molar-refractivity contribution >= 4 is 27.5 Å². The number of benzene rings is 2. The maximum absolute atomic E-state index is 12.3. The van der Waals surface area contributed by atoms with E-state index in [1.165, 1.54) is 5.56 Å². The van der Waals surface area contributed by atoms with Gasteiger partial charge in [-0.2, -0.15) is 0 Å². The first-order valence-electron chi connectivity index (χ1n) is 6.32. The van der Waals surface area contributed by atoms with Gasteiger partial charge in [-0.3, -0.25) is 4.79 Å². The largest absolute Gasteiger partial charge is 0.325 e. The van der Waals surface area contributed by atoms with E-state index in [2.05, 4.69) is 27.3 Å². The molecule has 2 aromatic rings. The van der Waals surface area contributed by atoms with Crippen LogP contribution < -0.4 is 5.32 Å². The molecule has 3 rings (SSSR count). The SMILES string of the molecule is O=C(Nc1ccccc1CBr)C1Cc2ccccc21. The zero-order valence-electron chi connectivity index (χ0n) is 10.4. The van der Waals surface area contributed by atoms with Crippen LogP contribution in [0, 0.1) is 0 Å². The van der Waals surface area contributed by atoms with Gasteiger partial charge in [0, 0.05) is 11.0 Å². The number of fused-ring (bicyclic) bond motifs is 1. The topological polar surface area (TPSA) is 29.1 Å². The number of rotatable bonds is 3. The van der Waals surface area contributed by atoms with Crippen molar-refractivity contribution in [3.8, 4) is 0 Å². The molecule has 0 spiro atoms. The Hall–Kier alpha value is -1.61. The standard InChI is InChI=1S/C16H14BrNO/c17-10-12-6-2-4-8-15(12)18-16(19)14-9-11-5-1-3-7-13(11)14/h1-8,14H,9-10H2,(H,18,19). The van der Waals surface area contributed by atoms with Crippen LogP contribution in [0.2, 0.25) is 0 Å². The summed E-state index contributed by atoms with van der Waals surface area (Å²) in [6.45, 7) is 0. The molecule has 1 unspecified atom stereocenters. The van der Waals surface area contributed by atoms with Crippen molar-refractivity contribution in [3.05, 3.63) is 65.2 Å². The smallest absolute Gasteiger partial charge is 0.232 e. The molecular formula is C16H14BrNO. The van der Waals surface area contributed by atoms with Crippen LogP contribution in [0.25, 0.3) is 0 Å². The average Bonchev–Trinajstić information content (AvgIpc) is 2.41. The molecule has 0 aromatic heterocycles. The van der Waals surface area contributed by atoms with Crippen LogP contribution in [0.1, 0.15) is 22.6 Å². The molecule has 2 nitrogen and oxygen atoms in total. The molecule has 0 radical (unpaired) electrons. The number of nitrogens with one attached hydrogen (secondary N) is 1. The number of carbonyl (C=O) groups is 1. The second-order valence-electron chi connectivity index (χ2n) is 4.74. The first-order valence-corrected chi connectivity index (χ1v) is 7.44. The number of anilines is 1. The molecule has 1 aliphatic carbocycles. The number of halogens is 1. The fourth-order valence-corrected chi connectivity index (χ4v) is 2.96. The number of carbonyl (C=O) groups excluding carboxylic acids is 1. The normalized spacial score (nSPS) is 16.4. The quantitative estimate of drug-likeness (QED) is 0.856. The molecule has 1 aliphatic rings. The highest BCUT2D eigenvalue weighted by atomic mass is 79.9. The lowest BCUT2D eigenvalue weighted by atomic mass is 9.77. The third kappa shape index (κ3) is 2.30. The molecule has 1 amide bonds. The molecule has 0 saturated heterocycles. The molecule has 0 bridgehead atoms. The van der Waals surface area contributed by atoms with Crippen molar-refractivity contribution in [2.75, 3.05) is 5.32 Å². The Morgan fingerprint density at radius 3 is 2.68 bits per heavy atom. The van der Waals surface area contributed by atoms with E-state index in [0.717, 1.165) is 28.6 Å². The lowest BCUT2D eigenvalue weighted by Gasteiger charge is -2.29. The molecule has 19 heavy (non-hydrogen) atoms. The zero-order chi connectivity index (χ0) is 13.2. The lowest BCUT2D eigenvalue weighted by Crippen LogP contribution is -2.30. The van der Waals surface area contributed by atoms with Gasteiger partial charge in [-0.05, 0) is 29.2 Å². The van der Waals surface area contributed by atoms with Crippen molar-refractivity contribution in [3.63, 3.8) is 0 Å². The van der Waals surface area contributed by atoms with Crippen LogP contribution in [0.3, 0.4) is 0 Å². The number of amides is 1.